The van der Waals surface area contributed by atoms with Gasteiger partial charge >= 0.3 is 6.09 Å². The molecular formula is C16H23BrN2O2. The van der Waals surface area contributed by atoms with Crippen molar-refractivity contribution in [2.45, 2.75) is 50.1 Å². The SMILES string of the molecule is CC(C)(C)OC(=O)N1CCC2NC3=C(CC(Br)C=C3)C2C1. The van der Waals surface area contributed by atoms with E-state index in [4.69, 9.17) is 4.74 Å². The molecule has 3 aliphatic rings. The van der Waals surface area contributed by atoms with E-state index in [1.54, 1.807) is 0 Å². The van der Waals surface area contributed by atoms with E-state index < -0.39 is 5.60 Å². The summed E-state index contributed by atoms with van der Waals surface area (Å²) in [6, 6.07) is 0.469. The zero-order valence-corrected chi connectivity index (χ0v) is 14.4. The molecule has 116 valence electrons. The molecule has 0 spiro atoms. The smallest absolute Gasteiger partial charge is 0.410 e. The van der Waals surface area contributed by atoms with Crippen LogP contribution in [0.25, 0.3) is 0 Å². The average Bonchev–Trinajstić information content (AvgIpc) is 2.74. The molecule has 2 aliphatic heterocycles. The van der Waals surface area contributed by atoms with Gasteiger partial charge in [-0.1, -0.05) is 22.0 Å². The molecule has 4 nitrogen and oxygen atoms in total. The summed E-state index contributed by atoms with van der Waals surface area (Å²) in [7, 11) is 0. The Bertz CT molecular complexity index is 507. The van der Waals surface area contributed by atoms with Gasteiger partial charge in [0.1, 0.15) is 5.60 Å². The number of hydrogen-bond acceptors (Lipinski definition) is 3. The van der Waals surface area contributed by atoms with Crippen LogP contribution < -0.4 is 5.32 Å². The fraction of sp³-hybridized carbons (Fsp3) is 0.688. The molecule has 0 radical (unpaired) electrons. The summed E-state index contributed by atoms with van der Waals surface area (Å²) in [5.74, 6) is 0.422. The largest absolute Gasteiger partial charge is 0.444 e. The molecule has 0 aromatic rings. The van der Waals surface area contributed by atoms with Crippen LogP contribution in [0.1, 0.15) is 33.6 Å². The molecule has 0 aromatic carbocycles. The van der Waals surface area contributed by atoms with Crippen molar-refractivity contribution in [2.24, 2.45) is 5.92 Å². The van der Waals surface area contributed by atoms with Crippen molar-refractivity contribution in [3.63, 3.8) is 0 Å². The number of fused-ring (bicyclic) bond motifs is 2. The van der Waals surface area contributed by atoms with Gasteiger partial charge in [0, 0.05) is 35.6 Å². The fourth-order valence-corrected chi connectivity index (χ4v) is 3.86. The highest BCUT2D eigenvalue weighted by Crippen LogP contribution is 2.38. The van der Waals surface area contributed by atoms with Crippen LogP contribution in [-0.4, -0.2) is 40.6 Å². The number of likely N-dealkylation sites (tertiary alicyclic amines) is 1. The average molecular weight is 355 g/mol. The van der Waals surface area contributed by atoms with E-state index in [2.05, 4.69) is 33.4 Å². The van der Waals surface area contributed by atoms with E-state index in [0.29, 0.717) is 16.8 Å². The fourth-order valence-electron chi connectivity index (χ4n) is 3.36. The third-order valence-electron chi connectivity index (χ3n) is 4.29. The standard InChI is InChI=1S/C16H23BrN2O2/c1-16(2,3)21-15(20)19-7-6-14-12(9-19)11-8-10(17)4-5-13(11)18-14/h4-5,10,12,14,18H,6-9H2,1-3H3. The lowest BCUT2D eigenvalue weighted by Crippen LogP contribution is -2.49. The van der Waals surface area contributed by atoms with E-state index in [1.165, 1.54) is 11.3 Å². The highest BCUT2D eigenvalue weighted by Gasteiger charge is 2.41. The van der Waals surface area contributed by atoms with E-state index in [-0.39, 0.29) is 6.09 Å². The quantitative estimate of drug-likeness (QED) is 0.679. The minimum Gasteiger partial charge on any atom is -0.444 e. The van der Waals surface area contributed by atoms with Crippen molar-refractivity contribution in [1.29, 1.82) is 0 Å². The first-order chi connectivity index (χ1) is 9.83. The summed E-state index contributed by atoms with van der Waals surface area (Å²) >= 11 is 3.67. The summed E-state index contributed by atoms with van der Waals surface area (Å²) in [6.07, 6.45) is 6.19. The van der Waals surface area contributed by atoms with E-state index in [0.717, 1.165) is 25.9 Å². The normalized spacial score (nSPS) is 31.6. The second-order valence-electron chi connectivity index (χ2n) is 7.09. The van der Waals surface area contributed by atoms with E-state index in [9.17, 15) is 4.79 Å². The molecule has 2 heterocycles. The Morgan fingerprint density at radius 1 is 1.48 bits per heavy atom. The zero-order valence-electron chi connectivity index (χ0n) is 12.9. The zero-order chi connectivity index (χ0) is 15.2. The van der Waals surface area contributed by atoms with Crippen LogP contribution in [0.3, 0.4) is 0 Å². The molecule has 3 unspecified atom stereocenters. The molecule has 0 saturated carbocycles. The third-order valence-corrected chi connectivity index (χ3v) is 4.91. The molecule has 0 aromatic heterocycles. The van der Waals surface area contributed by atoms with Gasteiger partial charge in [-0.15, -0.1) is 0 Å². The Morgan fingerprint density at radius 3 is 2.95 bits per heavy atom. The van der Waals surface area contributed by atoms with Crippen molar-refractivity contribution in [1.82, 2.24) is 10.2 Å². The second-order valence-corrected chi connectivity index (χ2v) is 8.27. The van der Waals surface area contributed by atoms with Gasteiger partial charge < -0.3 is 15.0 Å². The van der Waals surface area contributed by atoms with E-state index in [1.807, 2.05) is 25.7 Å². The lowest BCUT2D eigenvalue weighted by molar-refractivity contribution is 0.0166. The maximum absolute atomic E-state index is 12.3. The number of hydrogen-bond donors (Lipinski definition) is 1. The molecule has 1 amide bonds. The van der Waals surface area contributed by atoms with Gasteiger partial charge in [-0.3, -0.25) is 0 Å². The molecule has 5 heteroatoms. The second kappa shape index (κ2) is 5.34. The Hall–Kier alpha value is -0.970. The van der Waals surface area contributed by atoms with Gasteiger partial charge in [0.2, 0.25) is 0 Å². The number of carbonyl (C=O) groups excluding carboxylic acids is 1. The molecule has 1 aliphatic carbocycles. The van der Waals surface area contributed by atoms with Crippen molar-refractivity contribution in [3.8, 4) is 0 Å². The Morgan fingerprint density at radius 2 is 2.24 bits per heavy atom. The number of alkyl halides is 1. The first-order valence-electron chi connectivity index (χ1n) is 7.63. The maximum Gasteiger partial charge on any atom is 0.410 e. The van der Waals surface area contributed by atoms with Crippen molar-refractivity contribution in [2.75, 3.05) is 13.1 Å². The summed E-state index contributed by atoms with van der Waals surface area (Å²) in [5, 5.41) is 3.62. The number of nitrogens with one attached hydrogen (secondary N) is 1. The van der Waals surface area contributed by atoms with Crippen molar-refractivity contribution in [3.05, 3.63) is 23.4 Å². The van der Waals surface area contributed by atoms with Crippen LogP contribution in [0, 0.1) is 5.92 Å². The molecule has 1 N–H and O–H groups in total. The summed E-state index contributed by atoms with van der Waals surface area (Å²) in [4.78, 5) is 14.5. The van der Waals surface area contributed by atoms with Crippen LogP contribution in [0.5, 0.6) is 0 Å². The number of allylic oxidation sites excluding steroid dienone is 2. The lowest BCUT2D eigenvalue weighted by atomic mass is 9.85. The number of amides is 1. The topological polar surface area (TPSA) is 41.6 Å². The van der Waals surface area contributed by atoms with Gasteiger partial charge in [-0.25, -0.2) is 4.79 Å². The van der Waals surface area contributed by atoms with Gasteiger partial charge in [0.05, 0.1) is 0 Å². The molecule has 1 fully saturated rings. The van der Waals surface area contributed by atoms with Crippen LogP contribution in [-0.2, 0) is 4.74 Å². The summed E-state index contributed by atoms with van der Waals surface area (Å²) < 4.78 is 5.51. The number of ether oxygens (including phenoxy) is 1. The van der Waals surface area contributed by atoms with Gasteiger partial charge in [-0.2, -0.15) is 0 Å². The third kappa shape index (κ3) is 3.12. The predicted octanol–water partition coefficient (Wildman–Crippen LogP) is 3.19. The number of carbonyl (C=O) groups is 1. The summed E-state index contributed by atoms with van der Waals surface area (Å²) in [5.41, 5.74) is 2.30. The lowest BCUT2D eigenvalue weighted by Gasteiger charge is -2.37. The Balaban J connectivity index is 1.70. The Labute approximate surface area is 134 Å². The highest BCUT2D eigenvalue weighted by molar-refractivity contribution is 9.09. The van der Waals surface area contributed by atoms with Crippen LogP contribution in [0.2, 0.25) is 0 Å². The number of rotatable bonds is 0. The van der Waals surface area contributed by atoms with Gasteiger partial charge in [0.15, 0.2) is 0 Å². The number of halogens is 1. The number of piperidine rings is 1. The maximum atomic E-state index is 12.3. The first kappa shape index (κ1) is 14.9. The highest BCUT2D eigenvalue weighted by atomic mass is 79.9. The molecule has 3 atom stereocenters. The monoisotopic (exact) mass is 354 g/mol. The van der Waals surface area contributed by atoms with Crippen LogP contribution in [0.4, 0.5) is 4.79 Å². The first-order valence-corrected chi connectivity index (χ1v) is 8.55. The van der Waals surface area contributed by atoms with Gasteiger partial charge in [-0.05, 0) is 45.3 Å². The number of nitrogens with zero attached hydrogens (tertiary/aromatic N) is 1. The van der Waals surface area contributed by atoms with Crippen molar-refractivity contribution >= 4 is 22.0 Å². The predicted molar refractivity (Wildman–Crippen MR) is 86.3 cm³/mol. The molecular weight excluding hydrogens is 332 g/mol. The van der Waals surface area contributed by atoms with E-state index >= 15 is 0 Å². The molecule has 0 bridgehead atoms. The summed E-state index contributed by atoms with van der Waals surface area (Å²) in [6.45, 7) is 7.27. The minimum absolute atomic E-state index is 0.184. The van der Waals surface area contributed by atoms with Crippen LogP contribution in [0.15, 0.2) is 23.4 Å². The molecule has 1 saturated heterocycles. The molecule has 21 heavy (non-hydrogen) atoms. The Kier molecular flexibility index (Phi) is 3.80. The van der Waals surface area contributed by atoms with Crippen molar-refractivity contribution < 1.29 is 9.53 Å². The molecule has 3 rings (SSSR count). The van der Waals surface area contributed by atoms with Crippen LogP contribution >= 0.6 is 15.9 Å². The minimum atomic E-state index is -0.430. The van der Waals surface area contributed by atoms with Gasteiger partial charge in [0.25, 0.3) is 0 Å².